The van der Waals surface area contributed by atoms with Gasteiger partial charge < -0.3 is 15.0 Å². The van der Waals surface area contributed by atoms with Crippen molar-refractivity contribution in [1.82, 2.24) is 0 Å². The van der Waals surface area contributed by atoms with Crippen LogP contribution in [-0.2, 0) is 0 Å². The third kappa shape index (κ3) is 1.47. The normalized spacial score (nSPS) is 9.79. The molecule has 2 rings (SSSR count). The number of aromatic hydroxyl groups is 1. The first-order valence-electron chi connectivity index (χ1n) is 3.64. The number of hydrogen-bond acceptors (Lipinski definition) is 4. The minimum absolute atomic E-state index is 0. The molecule has 0 spiro atoms. The lowest BCUT2D eigenvalue weighted by atomic mass is 10.2. The molecule has 1 aromatic carbocycles. The van der Waals surface area contributed by atoms with Crippen molar-refractivity contribution >= 4 is 23.6 Å². The SMILES string of the molecule is O.O=c1oc2ccccc2c(O)c1S. The van der Waals surface area contributed by atoms with Gasteiger partial charge >= 0.3 is 5.63 Å². The maximum absolute atomic E-state index is 11.1. The fraction of sp³-hybridized carbons (Fsp3) is 0. The molecular formula is C9H8O4S. The van der Waals surface area contributed by atoms with Crippen LogP contribution in [0.15, 0.2) is 38.4 Å². The molecule has 14 heavy (non-hydrogen) atoms. The Morgan fingerprint density at radius 1 is 1.29 bits per heavy atom. The molecule has 0 aliphatic carbocycles. The lowest BCUT2D eigenvalue weighted by molar-refractivity contribution is 0.447. The van der Waals surface area contributed by atoms with Gasteiger partial charge in [-0.15, -0.1) is 12.6 Å². The summed E-state index contributed by atoms with van der Waals surface area (Å²) in [6.07, 6.45) is 0. The summed E-state index contributed by atoms with van der Waals surface area (Å²) in [6.45, 7) is 0. The predicted octanol–water partition coefficient (Wildman–Crippen LogP) is 0.963. The highest BCUT2D eigenvalue weighted by Crippen LogP contribution is 2.27. The standard InChI is InChI=1S/C9H6O3S.H2O/c10-7-5-3-1-2-4-6(5)12-9(11)8(7)13;/h1-4,10,13H;1H2. The molecule has 0 fully saturated rings. The van der Waals surface area contributed by atoms with E-state index in [1.54, 1.807) is 24.3 Å². The van der Waals surface area contributed by atoms with Crippen molar-refractivity contribution in [2.24, 2.45) is 0 Å². The van der Waals surface area contributed by atoms with Crippen molar-refractivity contribution in [3.8, 4) is 5.75 Å². The maximum Gasteiger partial charge on any atom is 0.353 e. The van der Waals surface area contributed by atoms with E-state index in [9.17, 15) is 9.90 Å². The molecule has 4 nitrogen and oxygen atoms in total. The Hall–Kier alpha value is -1.46. The molecule has 0 unspecified atom stereocenters. The monoisotopic (exact) mass is 212 g/mol. The van der Waals surface area contributed by atoms with Crippen LogP contribution in [-0.4, -0.2) is 10.6 Å². The van der Waals surface area contributed by atoms with Crippen LogP contribution >= 0.6 is 12.6 Å². The van der Waals surface area contributed by atoms with Crippen LogP contribution < -0.4 is 5.63 Å². The van der Waals surface area contributed by atoms with Crippen LogP contribution in [0.25, 0.3) is 11.0 Å². The molecule has 1 aromatic heterocycles. The Labute approximate surface area is 84.5 Å². The first kappa shape index (κ1) is 10.6. The Bertz CT molecular complexity index is 518. The highest BCUT2D eigenvalue weighted by Gasteiger charge is 2.08. The summed E-state index contributed by atoms with van der Waals surface area (Å²) in [6, 6.07) is 6.75. The summed E-state index contributed by atoms with van der Waals surface area (Å²) in [5, 5.41) is 10.00. The molecule has 74 valence electrons. The van der Waals surface area contributed by atoms with Gasteiger partial charge in [0.25, 0.3) is 0 Å². The van der Waals surface area contributed by atoms with Crippen LogP contribution in [0.4, 0.5) is 0 Å². The highest BCUT2D eigenvalue weighted by molar-refractivity contribution is 7.80. The molecule has 3 N–H and O–H groups in total. The molecule has 0 aliphatic rings. The van der Waals surface area contributed by atoms with Crippen molar-refractivity contribution in [1.29, 1.82) is 0 Å². The quantitative estimate of drug-likeness (QED) is 0.504. The van der Waals surface area contributed by atoms with Gasteiger partial charge in [0.05, 0.1) is 5.39 Å². The van der Waals surface area contributed by atoms with Crippen LogP contribution in [0, 0.1) is 0 Å². The molecular weight excluding hydrogens is 204 g/mol. The van der Waals surface area contributed by atoms with E-state index >= 15 is 0 Å². The van der Waals surface area contributed by atoms with Gasteiger partial charge in [-0.1, -0.05) is 12.1 Å². The Morgan fingerprint density at radius 2 is 1.93 bits per heavy atom. The average molecular weight is 212 g/mol. The summed E-state index contributed by atoms with van der Waals surface area (Å²) >= 11 is 3.83. The van der Waals surface area contributed by atoms with Gasteiger partial charge in [-0.3, -0.25) is 0 Å². The van der Waals surface area contributed by atoms with E-state index in [2.05, 4.69) is 12.6 Å². The fourth-order valence-electron chi connectivity index (χ4n) is 1.12. The number of para-hydroxylation sites is 1. The van der Waals surface area contributed by atoms with Crippen LogP contribution in [0.2, 0.25) is 0 Å². The molecule has 0 bridgehead atoms. The summed E-state index contributed by atoms with van der Waals surface area (Å²) in [5.41, 5.74) is -0.262. The summed E-state index contributed by atoms with van der Waals surface area (Å²) in [4.78, 5) is 11.0. The van der Waals surface area contributed by atoms with E-state index in [0.29, 0.717) is 11.0 Å². The molecule has 0 atom stereocenters. The minimum Gasteiger partial charge on any atom is -0.506 e. The summed E-state index contributed by atoms with van der Waals surface area (Å²) in [5.74, 6) is -0.129. The van der Waals surface area contributed by atoms with Crippen molar-refractivity contribution in [3.63, 3.8) is 0 Å². The van der Waals surface area contributed by atoms with Crippen molar-refractivity contribution in [2.45, 2.75) is 4.90 Å². The second kappa shape index (κ2) is 3.73. The lowest BCUT2D eigenvalue weighted by Crippen LogP contribution is -1.99. The molecule has 0 aliphatic heterocycles. The molecule has 2 aromatic rings. The number of benzene rings is 1. The third-order valence-electron chi connectivity index (χ3n) is 1.76. The summed E-state index contributed by atoms with van der Waals surface area (Å²) < 4.78 is 4.88. The number of fused-ring (bicyclic) bond motifs is 1. The smallest absolute Gasteiger partial charge is 0.353 e. The van der Waals surface area contributed by atoms with E-state index in [1.165, 1.54) is 0 Å². The van der Waals surface area contributed by atoms with Gasteiger partial charge in [0.15, 0.2) is 0 Å². The van der Waals surface area contributed by atoms with Crippen LogP contribution in [0.5, 0.6) is 5.75 Å². The van der Waals surface area contributed by atoms with Gasteiger partial charge in [-0.25, -0.2) is 4.79 Å². The predicted molar refractivity (Wildman–Crippen MR) is 55.0 cm³/mol. The van der Waals surface area contributed by atoms with E-state index in [4.69, 9.17) is 4.42 Å². The van der Waals surface area contributed by atoms with Crippen LogP contribution in [0.1, 0.15) is 0 Å². The molecule has 0 amide bonds. The lowest BCUT2D eigenvalue weighted by Gasteiger charge is -2.00. The summed E-state index contributed by atoms with van der Waals surface area (Å²) in [7, 11) is 0. The topological polar surface area (TPSA) is 81.9 Å². The fourth-order valence-corrected chi connectivity index (χ4v) is 1.29. The molecule has 5 heteroatoms. The van der Waals surface area contributed by atoms with E-state index in [-0.39, 0.29) is 16.1 Å². The van der Waals surface area contributed by atoms with E-state index in [1.807, 2.05) is 0 Å². The van der Waals surface area contributed by atoms with Crippen molar-refractivity contribution in [3.05, 3.63) is 34.7 Å². The molecule has 0 saturated heterocycles. The Morgan fingerprint density at radius 3 is 2.64 bits per heavy atom. The van der Waals surface area contributed by atoms with Gasteiger partial charge in [0, 0.05) is 0 Å². The zero-order chi connectivity index (χ0) is 9.42. The van der Waals surface area contributed by atoms with E-state index in [0.717, 1.165) is 0 Å². The Kier molecular flexibility index (Phi) is 2.83. The second-order valence-electron chi connectivity index (χ2n) is 2.58. The van der Waals surface area contributed by atoms with Gasteiger partial charge in [-0.2, -0.15) is 0 Å². The van der Waals surface area contributed by atoms with Gasteiger partial charge in [0.2, 0.25) is 0 Å². The van der Waals surface area contributed by atoms with Gasteiger partial charge in [0.1, 0.15) is 16.2 Å². The van der Waals surface area contributed by atoms with E-state index < -0.39 is 5.63 Å². The third-order valence-corrected chi connectivity index (χ3v) is 2.16. The number of rotatable bonds is 0. The minimum atomic E-state index is -0.625. The van der Waals surface area contributed by atoms with Crippen LogP contribution in [0.3, 0.4) is 0 Å². The molecule has 0 saturated carbocycles. The van der Waals surface area contributed by atoms with Crippen molar-refractivity contribution in [2.75, 3.05) is 0 Å². The zero-order valence-electron chi connectivity index (χ0n) is 7.02. The molecule has 0 radical (unpaired) electrons. The van der Waals surface area contributed by atoms with Gasteiger partial charge in [-0.05, 0) is 12.1 Å². The first-order valence-corrected chi connectivity index (χ1v) is 4.08. The largest absolute Gasteiger partial charge is 0.506 e. The number of thiol groups is 1. The maximum atomic E-state index is 11.1. The number of hydrogen-bond donors (Lipinski definition) is 2. The second-order valence-corrected chi connectivity index (χ2v) is 3.03. The molecule has 1 heterocycles. The first-order chi connectivity index (χ1) is 6.20. The average Bonchev–Trinajstić information content (AvgIpc) is 2.15. The highest BCUT2D eigenvalue weighted by atomic mass is 32.1. The Balaban J connectivity index is 0.000000980. The van der Waals surface area contributed by atoms with Crippen molar-refractivity contribution < 1.29 is 15.0 Å². The zero-order valence-corrected chi connectivity index (χ0v) is 7.91.